The summed E-state index contributed by atoms with van der Waals surface area (Å²) < 4.78 is 7.29. The van der Waals surface area contributed by atoms with E-state index in [2.05, 4.69) is 20.6 Å². The molecule has 0 aliphatic carbocycles. The van der Waals surface area contributed by atoms with Crippen LogP contribution in [-0.2, 0) is 6.54 Å². The van der Waals surface area contributed by atoms with Crippen LogP contribution in [0.4, 0.5) is 11.6 Å². The van der Waals surface area contributed by atoms with Crippen molar-refractivity contribution >= 4 is 17.3 Å². The van der Waals surface area contributed by atoms with Gasteiger partial charge in [-0.3, -0.25) is 0 Å². The van der Waals surface area contributed by atoms with Crippen LogP contribution in [-0.4, -0.2) is 28.5 Å². The summed E-state index contributed by atoms with van der Waals surface area (Å²) in [6.45, 7) is 0.618. The summed E-state index contributed by atoms with van der Waals surface area (Å²) in [5.41, 5.74) is 1.87. The number of methoxy groups -OCH3 is 1. The first kappa shape index (κ1) is 13.2. The third-order valence-corrected chi connectivity index (χ3v) is 3.27. The Hall–Kier alpha value is -2.76. The minimum Gasteiger partial charge on any atom is -0.496 e. The Morgan fingerprint density at radius 1 is 1.29 bits per heavy atom. The topological polar surface area (TPSA) is 63.5 Å². The van der Waals surface area contributed by atoms with Crippen molar-refractivity contribution in [2.24, 2.45) is 0 Å². The van der Waals surface area contributed by atoms with E-state index in [1.807, 2.05) is 48.1 Å². The molecule has 0 amide bonds. The number of rotatable bonds is 5. The zero-order chi connectivity index (χ0) is 14.7. The third kappa shape index (κ3) is 2.60. The van der Waals surface area contributed by atoms with E-state index in [-0.39, 0.29) is 0 Å². The molecule has 0 bridgehead atoms. The molecule has 0 aliphatic heterocycles. The second kappa shape index (κ2) is 5.70. The van der Waals surface area contributed by atoms with Gasteiger partial charge in [-0.2, -0.15) is 0 Å². The normalized spacial score (nSPS) is 10.6. The zero-order valence-electron chi connectivity index (χ0n) is 12.0. The molecular weight excluding hydrogens is 266 g/mol. The number of para-hydroxylation sites is 1. The molecule has 21 heavy (non-hydrogen) atoms. The van der Waals surface area contributed by atoms with Crippen LogP contribution in [0.2, 0.25) is 0 Å². The van der Waals surface area contributed by atoms with Crippen LogP contribution in [0.3, 0.4) is 0 Å². The van der Waals surface area contributed by atoms with Gasteiger partial charge in [-0.05, 0) is 6.07 Å². The van der Waals surface area contributed by atoms with E-state index in [1.165, 1.54) is 0 Å². The lowest BCUT2D eigenvalue weighted by Gasteiger charge is -2.11. The smallest absolute Gasteiger partial charge is 0.180 e. The van der Waals surface area contributed by atoms with E-state index < -0.39 is 0 Å². The summed E-state index contributed by atoms with van der Waals surface area (Å²) in [5.74, 6) is 2.37. The highest BCUT2D eigenvalue weighted by molar-refractivity contribution is 5.65. The average molecular weight is 283 g/mol. The summed E-state index contributed by atoms with van der Waals surface area (Å²) in [7, 11) is 3.51. The molecule has 0 radical (unpaired) electrons. The van der Waals surface area contributed by atoms with Crippen LogP contribution in [0.15, 0.2) is 42.9 Å². The van der Waals surface area contributed by atoms with Crippen molar-refractivity contribution in [2.75, 3.05) is 24.8 Å². The Bertz CT molecular complexity index is 753. The van der Waals surface area contributed by atoms with Gasteiger partial charge in [-0.25, -0.2) is 9.97 Å². The van der Waals surface area contributed by atoms with Gasteiger partial charge in [0.2, 0.25) is 0 Å². The molecule has 3 rings (SSSR count). The van der Waals surface area contributed by atoms with Gasteiger partial charge in [-0.15, -0.1) is 0 Å². The van der Waals surface area contributed by atoms with Gasteiger partial charge in [0.25, 0.3) is 0 Å². The van der Waals surface area contributed by atoms with Crippen LogP contribution in [0.5, 0.6) is 5.75 Å². The standard InChI is InChI=1S/C15H17N5O/c1-16-13-10-20-8-7-17-15(20)14(19-13)18-9-11-5-3-4-6-12(11)21-2/h3-8,10,16H,9H2,1-2H3,(H,18,19). The highest BCUT2D eigenvalue weighted by Crippen LogP contribution is 2.21. The van der Waals surface area contributed by atoms with Gasteiger partial charge in [0, 0.05) is 31.5 Å². The van der Waals surface area contributed by atoms with Crippen molar-refractivity contribution < 1.29 is 4.74 Å². The van der Waals surface area contributed by atoms with Crippen molar-refractivity contribution in [3.05, 3.63) is 48.4 Å². The lowest BCUT2D eigenvalue weighted by Crippen LogP contribution is -2.07. The predicted octanol–water partition coefficient (Wildman–Crippen LogP) is 2.39. The summed E-state index contributed by atoms with van der Waals surface area (Å²) in [5, 5.41) is 6.37. The van der Waals surface area contributed by atoms with Crippen molar-refractivity contribution in [3.8, 4) is 5.75 Å². The second-order valence-electron chi connectivity index (χ2n) is 4.55. The minimum atomic E-state index is 0.618. The molecule has 0 spiro atoms. The molecule has 0 atom stereocenters. The van der Waals surface area contributed by atoms with E-state index in [0.29, 0.717) is 6.54 Å². The number of nitrogens with zero attached hydrogens (tertiary/aromatic N) is 3. The predicted molar refractivity (Wildman–Crippen MR) is 82.9 cm³/mol. The molecule has 108 valence electrons. The van der Waals surface area contributed by atoms with Gasteiger partial charge in [0.1, 0.15) is 11.6 Å². The van der Waals surface area contributed by atoms with E-state index in [9.17, 15) is 0 Å². The van der Waals surface area contributed by atoms with Crippen molar-refractivity contribution in [2.45, 2.75) is 6.54 Å². The average Bonchev–Trinajstić information content (AvgIpc) is 3.01. The molecule has 1 aromatic carbocycles. The third-order valence-electron chi connectivity index (χ3n) is 3.27. The number of anilines is 2. The lowest BCUT2D eigenvalue weighted by atomic mass is 10.2. The fourth-order valence-corrected chi connectivity index (χ4v) is 2.20. The Labute approximate surface area is 122 Å². The van der Waals surface area contributed by atoms with Gasteiger partial charge < -0.3 is 19.8 Å². The minimum absolute atomic E-state index is 0.618. The highest BCUT2D eigenvalue weighted by atomic mass is 16.5. The molecule has 2 N–H and O–H groups in total. The summed E-state index contributed by atoms with van der Waals surface area (Å²) in [4.78, 5) is 8.84. The van der Waals surface area contributed by atoms with Crippen LogP contribution in [0.1, 0.15) is 5.56 Å². The van der Waals surface area contributed by atoms with Crippen molar-refractivity contribution in [3.63, 3.8) is 0 Å². The number of hydrogen-bond donors (Lipinski definition) is 2. The molecule has 0 aliphatic rings. The number of imidazole rings is 1. The maximum Gasteiger partial charge on any atom is 0.180 e. The second-order valence-corrected chi connectivity index (χ2v) is 4.55. The van der Waals surface area contributed by atoms with E-state index in [1.54, 1.807) is 13.3 Å². The molecule has 2 aromatic heterocycles. The molecule has 2 heterocycles. The molecule has 6 heteroatoms. The number of benzene rings is 1. The quantitative estimate of drug-likeness (QED) is 0.753. The first-order chi connectivity index (χ1) is 10.3. The monoisotopic (exact) mass is 283 g/mol. The van der Waals surface area contributed by atoms with Crippen LogP contribution < -0.4 is 15.4 Å². The lowest BCUT2D eigenvalue weighted by molar-refractivity contribution is 0.410. The molecule has 3 aromatic rings. The Kier molecular flexibility index (Phi) is 3.59. The Morgan fingerprint density at radius 3 is 2.95 bits per heavy atom. The van der Waals surface area contributed by atoms with Crippen molar-refractivity contribution in [1.82, 2.24) is 14.4 Å². The molecule has 0 unspecified atom stereocenters. The summed E-state index contributed by atoms with van der Waals surface area (Å²) in [6, 6.07) is 7.91. The number of fused-ring (bicyclic) bond motifs is 1. The SMILES string of the molecule is CNc1cn2ccnc2c(NCc2ccccc2OC)n1. The fraction of sp³-hybridized carbons (Fsp3) is 0.200. The summed E-state index contributed by atoms with van der Waals surface area (Å²) in [6.07, 6.45) is 5.55. The summed E-state index contributed by atoms with van der Waals surface area (Å²) >= 11 is 0. The highest BCUT2D eigenvalue weighted by Gasteiger charge is 2.08. The first-order valence-corrected chi connectivity index (χ1v) is 6.69. The van der Waals surface area contributed by atoms with E-state index in [0.717, 1.165) is 28.6 Å². The van der Waals surface area contributed by atoms with Crippen LogP contribution in [0.25, 0.3) is 5.65 Å². The number of ether oxygens (including phenoxy) is 1. The molecule has 0 fully saturated rings. The Morgan fingerprint density at radius 2 is 2.14 bits per heavy atom. The van der Waals surface area contributed by atoms with Gasteiger partial charge in [0.15, 0.2) is 11.5 Å². The van der Waals surface area contributed by atoms with Crippen LogP contribution >= 0.6 is 0 Å². The zero-order valence-corrected chi connectivity index (χ0v) is 12.0. The number of aromatic nitrogens is 3. The molecule has 6 nitrogen and oxygen atoms in total. The van der Waals surface area contributed by atoms with E-state index in [4.69, 9.17) is 4.74 Å². The number of nitrogens with one attached hydrogen (secondary N) is 2. The van der Waals surface area contributed by atoms with Crippen molar-refractivity contribution in [1.29, 1.82) is 0 Å². The molecular formula is C15H17N5O. The number of hydrogen-bond acceptors (Lipinski definition) is 5. The van der Waals surface area contributed by atoms with Crippen LogP contribution in [0, 0.1) is 0 Å². The Balaban J connectivity index is 1.89. The maximum atomic E-state index is 5.36. The van der Waals surface area contributed by atoms with E-state index >= 15 is 0 Å². The molecule has 0 saturated carbocycles. The maximum absolute atomic E-state index is 5.36. The van der Waals surface area contributed by atoms with Gasteiger partial charge in [0.05, 0.1) is 13.3 Å². The molecule has 0 saturated heterocycles. The largest absolute Gasteiger partial charge is 0.496 e. The fourth-order valence-electron chi connectivity index (χ4n) is 2.20. The van der Waals surface area contributed by atoms with Gasteiger partial charge >= 0.3 is 0 Å². The first-order valence-electron chi connectivity index (χ1n) is 6.69. The van der Waals surface area contributed by atoms with Gasteiger partial charge in [-0.1, -0.05) is 18.2 Å².